The second-order valence-electron chi connectivity index (χ2n) is 6.23. The summed E-state index contributed by atoms with van der Waals surface area (Å²) in [6, 6.07) is 0.813. The van der Waals surface area contributed by atoms with E-state index in [1.165, 1.54) is 12.8 Å². The van der Waals surface area contributed by atoms with E-state index in [4.69, 9.17) is 0 Å². The van der Waals surface area contributed by atoms with E-state index in [1.807, 2.05) is 0 Å². The molecule has 1 saturated carbocycles. The predicted octanol–water partition coefficient (Wildman–Crippen LogP) is 1.44. The van der Waals surface area contributed by atoms with Crippen molar-refractivity contribution in [1.82, 2.24) is 9.62 Å². The molecule has 2 rings (SSSR count). The van der Waals surface area contributed by atoms with Gasteiger partial charge in [0.2, 0.25) is 10.0 Å². The average molecular weight is 274 g/mol. The molecule has 0 bridgehead atoms. The van der Waals surface area contributed by atoms with Crippen LogP contribution in [0.1, 0.15) is 39.5 Å². The molecule has 2 aliphatic rings. The van der Waals surface area contributed by atoms with Gasteiger partial charge in [0, 0.05) is 19.1 Å². The maximum Gasteiger partial charge on any atom is 0.211 e. The maximum absolute atomic E-state index is 11.8. The van der Waals surface area contributed by atoms with Crippen LogP contribution in [-0.4, -0.2) is 44.7 Å². The van der Waals surface area contributed by atoms with Crippen molar-refractivity contribution in [3.8, 4) is 0 Å². The van der Waals surface area contributed by atoms with Gasteiger partial charge in [0.25, 0.3) is 0 Å². The molecule has 2 fully saturated rings. The number of hydrogen-bond donors (Lipinski definition) is 1. The Hall–Kier alpha value is -0.130. The highest BCUT2D eigenvalue weighted by molar-refractivity contribution is 7.89. The van der Waals surface area contributed by atoms with Crippen LogP contribution in [-0.2, 0) is 10.0 Å². The SMILES string of the molecule is CC(C)CCS(=O)(=O)NC[C@H]1CCN(C2CC2)C1. The molecule has 1 N–H and O–H groups in total. The summed E-state index contributed by atoms with van der Waals surface area (Å²) in [5.41, 5.74) is 0. The first-order valence-corrected chi connectivity index (χ1v) is 8.83. The van der Waals surface area contributed by atoms with Crippen molar-refractivity contribution in [3.05, 3.63) is 0 Å². The molecule has 1 aliphatic heterocycles. The fourth-order valence-electron chi connectivity index (χ4n) is 2.51. The van der Waals surface area contributed by atoms with Gasteiger partial charge in [0.05, 0.1) is 5.75 Å². The van der Waals surface area contributed by atoms with Crippen molar-refractivity contribution in [2.75, 3.05) is 25.4 Å². The smallest absolute Gasteiger partial charge is 0.211 e. The summed E-state index contributed by atoms with van der Waals surface area (Å²) in [6.45, 7) is 6.98. The number of hydrogen-bond acceptors (Lipinski definition) is 3. The highest BCUT2D eigenvalue weighted by Gasteiger charge is 2.34. The molecular formula is C13H26N2O2S. The first kappa shape index (κ1) is 14.3. The Morgan fingerprint density at radius 3 is 2.61 bits per heavy atom. The van der Waals surface area contributed by atoms with Gasteiger partial charge in [0.15, 0.2) is 0 Å². The van der Waals surface area contributed by atoms with Gasteiger partial charge < -0.3 is 4.90 Å². The van der Waals surface area contributed by atoms with Crippen molar-refractivity contribution in [2.45, 2.75) is 45.6 Å². The number of sulfonamides is 1. The maximum atomic E-state index is 11.8. The third-order valence-corrected chi connectivity index (χ3v) is 5.32. The van der Waals surface area contributed by atoms with Gasteiger partial charge >= 0.3 is 0 Å². The fraction of sp³-hybridized carbons (Fsp3) is 1.00. The summed E-state index contributed by atoms with van der Waals surface area (Å²) in [5, 5.41) is 0. The van der Waals surface area contributed by atoms with Crippen LogP contribution in [0.15, 0.2) is 0 Å². The van der Waals surface area contributed by atoms with Crippen molar-refractivity contribution in [2.24, 2.45) is 11.8 Å². The van der Waals surface area contributed by atoms with E-state index in [1.54, 1.807) is 0 Å². The Balaban J connectivity index is 1.67. The van der Waals surface area contributed by atoms with E-state index < -0.39 is 10.0 Å². The molecule has 106 valence electrons. The summed E-state index contributed by atoms with van der Waals surface area (Å²) in [7, 11) is -3.05. The molecule has 1 aliphatic carbocycles. The fourth-order valence-corrected chi connectivity index (χ4v) is 3.92. The Morgan fingerprint density at radius 1 is 1.28 bits per heavy atom. The van der Waals surface area contributed by atoms with Crippen molar-refractivity contribution in [3.63, 3.8) is 0 Å². The molecule has 1 saturated heterocycles. The van der Waals surface area contributed by atoms with Crippen LogP contribution in [0.2, 0.25) is 0 Å². The third kappa shape index (κ3) is 4.52. The van der Waals surface area contributed by atoms with Gasteiger partial charge in [-0.2, -0.15) is 0 Å². The molecular weight excluding hydrogens is 248 g/mol. The van der Waals surface area contributed by atoms with E-state index in [0.717, 1.165) is 32.0 Å². The van der Waals surface area contributed by atoms with Gasteiger partial charge in [-0.15, -0.1) is 0 Å². The summed E-state index contributed by atoms with van der Waals surface area (Å²) in [4.78, 5) is 2.52. The standard InChI is InChI=1S/C13H26N2O2S/c1-11(2)6-8-18(16,17)14-9-12-5-7-15(10-12)13-3-4-13/h11-14H,3-10H2,1-2H3/t12-/m1/s1. The first-order valence-electron chi connectivity index (χ1n) is 7.17. The van der Waals surface area contributed by atoms with Crippen LogP contribution >= 0.6 is 0 Å². The third-order valence-electron chi connectivity index (χ3n) is 3.94. The highest BCUT2D eigenvalue weighted by Crippen LogP contribution is 2.31. The molecule has 0 amide bonds. The topological polar surface area (TPSA) is 49.4 Å². The second-order valence-corrected chi connectivity index (χ2v) is 8.16. The number of nitrogens with zero attached hydrogens (tertiary/aromatic N) is 1. The van der Waals surface area contributed by atoms with Gasteiger partial charge in [-0.1, -0.05) is 13.8 Å². The molecule has 1 heterocycles. The lowest BCUT2D eigenvalue weighted by atomic mass is 10.1. The number of likely N-dealkylation sites (tertiary alicyclic amines) is 1. The molecule has 0 aromatic rings. The van der Waals surface area contributed by atoms with Gasteiger partial charge in [0.1, 0.15) is 0 Å². The highest BCUT2D eigenvalue weighted by atomic mass is 32.2. The van der Waals surface area contributed by atoms with E-state index in [2.05, 4.69) is 23.5 Å². The lowest BCUT2D eigenvalue weighted by Gasteiger charge is -2.15. The summed E-state index contributed by atoms with van der Waals surface area (Å²) in [5.74, 6) is 1.22. The largest absolute Gasteiger partial charge is 0.300 e. The first-order chi connectivity index (χ1) is 8.46. The number of rotatable bonds is 7. The lowest BCUT2D eigenvalue weighted by molar-refractivity contribution is 0.314. The molecule has 0 unspecified atom stereocenters. The van der Waals surface area contributed by atoms with Gasteiger partial charge in [-0.05, 0) is 44.1 Å². The minimum absolute atomic E-state index is 0.268. The Labute approximate surface area is 111 Å². The number of nitrogens with one attached hydrogen (secondary N) is 1. The predicted molar refractivity (Wildman–Crippen MR) is 73.9 cm³/mol. The average Bonchev–Trinajstić information content (AvgIpc) is 3.04. The minimum Gasteiger partial charge on any atom is -0.300 e. The van der Waals surface area contributed by atoms with E-state index in [9.17, 15) is 8.42 Å². The molecule has 0 aromatic carbocycles. The molecule has 0 radical (unpaired) electrons. The van der Waals surface area contributed by atoms with Crippen LogP contribution in [0.25, 0.3) is 0 Å². The van der Waals surface area contributed by atoms with Gasteiger partial charge in [-0.25, -0.2) is 13.1 Å². The Bertz CT molecular complexity index is 363. The zero-order valence-corrected chi connectivity index (χ0v) is 12.4. The molecule has 18 heavy (non-hydrogen) atoms. The molecule has 0 aromatic heterocycles. The molecule has 4 nitrogen and oxygen atoms in total. The van der Waals surface area contributed by atoms with Gasteiger partial charge in [-0.3, -0.25) is 0 Å². The van der Waals surface area contributed by atoms with E-state index in [-0.39, 0.29) is 5.75 Å². The normalized spacial score (nSPS) is 26.1. The van der Waals surface area contributed by atoms with Crippen LogP contribution < -0.4 is 4.72 Å². The molecule has 0 spiro atoms. The van der Waals surface area contributed by atoms with Crippen LogP contribution in [0.4, 0.5) is 0 Å². The van der Waals surface area contributed by atoms with Crippen LogP contribution in [0, 0.1) is 11.8 Å². The zero-order chi connectivity index (χ0) is 13.2. The quantitative estimate of drug-likeness (QED) is 0.764. The minimum atomic E-state index is -3.05. The summed E-state index contributed by atoms with van der Waals surface area (Å²) >= 11 is 0. The van der Waals surface area contributed by atoms with Crippen molar-refractivity contribution < 1.29 is 8.42 Å². The van der Waals surface area contributed by atoms with Crippen molar-refractivity contribution in [1.29, 1.82) is 0 Å². The summed E-state index contributed by atoms with van der Waals surface area (Å²) < 4.78 is 26.4. The monoisotopic (exact) mass is 274 g/mol. The second kappa shape index (κ2) is 5.88. The molecule has 5 heteroatoms. The summed E-state index contributed by atoms with van der Waals surface area (Å²) in [6.07, 6.45) is 4.57. The molecule has 1 atom stereocenters. The zero-order valence-electron chi connectivity index (χ0n) is 11.6. The Kier molecular flexibility index (Phi) is 4.67. The van der Waals surface area contributed by atoms with Crippen molar-refractivity contribution >= 4 is 10.0 Å². The van der Waals surface area contributed by atoms with E-state index >= 15 is 0 Å². The van der Waals surface area contributed by atoms with E-state index in [0.29, 0.717) is 18.4 Å². The lowest BCUT2D eigenvalue weighted by Crippen LogP contribution is -2.33. The van der Waals surface area contributed by atoms with Crippen LogP contribution in [0.5, 0.6) is 0 Å². The Morgan fingerprint density at radius 2 is 2.00 bits per heavy atom. The van der Waals surface area contributed by atoms with Crippen LogP contribution in [0.3, 0.4) is 0 Å².